The number of nitrogens with one attached hydrogen (secondary N) is 1. The predicted molar refractivity (Wildman–Crippen MR) is 62.8 cm³/mol. The number of carbonyl (C=O) groups is 1. The lowest BCUT2D eigenvalue weighted by Gasteiger charge is -2.10. The third kappa shape index (κ3) is 5.31. The number of alkyl halides is 3. The molecule has 0 radical (unpaired) electrons. The lowest BCUT2D eigenvalue weighted by Crippen LogP contribution is -2.20. The van der Waals surface area contributed by atoms with E-state index in [0.717, 1.165) is 6.07 Å². The highest BCUT2D eigenvalue weighted by Crippen LogP contribution is 2.32. The summed E-state index contributed by atoms with van der Waals surface area (Å²) >= 11 is 5.66. The van der Waals surface area contributed by atoms with Crippen LogP contribution in [0.5, 0.6) is 0 Å². The molecular formula is C10H11ClF3N3O2. The van der Waals surface area contributed by atoms with Crippen LogP contribution in [0.4, 0.5) is 19.0 Å². The molecule has 0 aromatic carbocycles. The average molecular weight is 298 g/mol. The van der Waals surface area contributed by atoms with Crippen LogP contribution in [0.1, 0.15) is 5.56 Å². The highest BCUT2D eigenvalue weighted by Gasteiger charge is 2.31. The monoisotopic (exact) mass is 297 g/mol. The summed E-state index contributed by atoms with van der Waals surface area (Å²) < 4.78 is 41.9. The first-order valence-corrected chi connectivity index (χ1v) is 5.51. The van der Waals surface area contributed by atoms with Crippen LogP contribution < -0.4 is 11.1 Å². The fraction of sp³-hybridized carbons (Fsp3) is 0.400. The fourth-order valence-corrected chi connectivity index (χ4v) is 1.37. The van der Waals surface area contributed by atoms with Crippen LogP contribution in [0.15, 0.2) is 12.3 Å². The number of amides is 1. The smallest absolute Gasteiger partial charge is 0.370 e. The van der Waals surface area contributed by atoms with E-state index < -0.39 is 17.6 Å². The zero-order valence-electron chi connectivity index (χ0n) is 9.63. The maximum atomic E-state index is 12.3. The molecule has 0 fully saturated rings. The van der Waals surface area contributed by atoms with Crippen molar-refractivity contribution in [2.24, 2.45) is 5.73 Å². The van der Waals surface area contributed by atoms with Gasteiger partial charge in [-0.25, -0.2) is 4.98 Å². The molecule has 0 atom stereocenters. The number of anilines is 1. The van der Waals surface area contributed by atoms with Gasteiger partial charge in [-0.2, -0.15) is 13.2 Å². The van der Waals surface area contributed by atoms with Crippen LogP contribution in [0.2, 0.25) is 5.02 Å². The van der Waals surface area contributed by atoms with Crippen molar-refractivity contribution < 1.29 is 22.7 Å². The summed E-state index contributed by atoms with van der Waals surface area (Å²) in [6.07, 6.45) is -3.81. The van der Waals surface area contributed by atoms with Gasteiger partial charge in [-0.15, -0.1) is 0 Å². The maximum Gasteiger partial charge on any atom is 0.417 e. The molecule has 106 valence electrons. The highest BCUT2D eigenvalue weighted by molar-refractivity contribution is 6.32. The lowest BCUT2D eigenvalue weighted by molar-refractivity contribution is -0.137. The number of rotatable bonds is 6. The molecule has 0 bridgehead atoms. The third-order valence-electron chi connectivity index (χ3n) is 1.95. The SMILES string of the molecule is NC(=O)COCCNc1ncc(C(F)(F)F)cc1Cl. The van der Waals surface area contributed by atoms with E-state index in [1.54, 1.807) is 0 Å². The van der Waals surface area contributed by atoms with Crippen LogP contribution in [-0.2, 0) is 15.7 Å². The second-order valence-electron chi connectivity index (χ2n) is 3.50. The van der Waals surface area contributed by atoms with E-state index in [-0.39, 0.29) is 30.6 Å². The summed E-state index contributed by atoms with van der Waals surface area (Å²) in [4.78, 5) is 13.9. The number of carbonyl (C=O) groups excluding carboxylic acids is 1. The second kappa shape index (κ2) is 6.58. The Kier molecular flexibility index (Phi) is 5.37. The number of nitrogens with two attached hydrogens (primary N) is 1. The Morgan fingerprint density at radius 2 is 2.21 bits per heavy atom. The first-order chi connectivity index (χ1) is 8.80. The van der Waals surface area contributed by atoms with Gasteiger partial charge in [0.1, 0.15) is 12.4 Å². The van der Waals surface area contributed by atoms with Crippen molar-refractivity contribution in [3.05, 3.63) is 22.8 Å². The van der Waals surface area contributed by atoms with Gasteiger partial charge in [0.15, 0.2) is 0 Å². The molecule has 1 amide bonds. The number of pyridine rings is 1. The Labute approximate surface area is 111 Å². The largest absolute Gasteiger partial charge is 0.417 e. The maximum absolute atomic E-state index is 12.3. The normalized spacial score (nSPS) is 11.4. The molecule has 0 spiro atoms. The Balaban J connectivity index is 2.49. The van der Waals surface area contributed by atoms with E-state index >= 15 is 0 Å². The fourth-order valence-electron chi connectivity index (χ4n) is 1.14. The van der Waals surface area contributed by atoms with Crippen molar-refractivity contribution in [2.75, 3.05) is 25.1 Å². The van der Waals surface area contributed by atoms with E-state index in [4.69, 9.17) is 22.1 Å². The first kappa shape index (κ1) is 15.5. The molecule has 0 unspecified atom stereocenters. The molecule has 1 aromatic heterocycles. The Bertz CT molecular complexity index is 454. The van der Waals surface area contributed by atoms with Gasteiger partial charge in [0.25, 0.3) is 0 Å². The van der Waals surface area contributed by atoms with Gasteiger partial charge in [-0.3, -0.25) is 4.79 Å². The van der Waals surface area contributed by atoms with Gasteiger partial charge >= 0.3 is 6.18 Å². The van der Waals surface area contributed by atoms with Crippen LogP contribution >= 0.6 is 11.6 Å². The van der Waals surface area contributed by atoms with E-state index in [1.165, 1.54) is 0 Å². The van der Waals surface area contributed by atoms with Crippen LogP contribution in [0.25, 0.3) is 0 Å². The first-order valence-electron chi connectivity index (χ1n) is 5.13. The average Bonchev–Trinajstić information content (AvgIpc) is 2.28. The molecule has 19 heavy (non-hydrogen) atoms. The van der Waals surface area contributed by atoms with Gasteiger partial charge < -0.3 is 15.8 Å². The molecule has 1 aromatic rings. The second-order valence-corrected chi connectivity index (χ2v) is 3.91. The number of ether oxygens (including phenoxy) is 1. The molecule has 9 heteroatoms. The minimum Gasteiger partial charge on any atom is -0.370 e. The van der Waals surface area contributed by atoms with Gasteiger partial charge in [-0.1, -0.05) is 11.6 Å². The molecule has 3 N–H and O–H groups in total. The molecule has 0 aliphatic heterocycles. The minimum atomic E-state index is -4.49. The quantitative estimate of drug-likeness (QED) is 0.783. The summed E-state index contributed by atoms with van der Waals surface area (Å²) in [5.41, 5.74) is 3.92. The molecule has 1 heterocycles. The number of aromatic nitrogens is 1. The zero-order valence-corrected chi connectivity index (χ0v) is 10.4. The van der Waals surface area contributed by atoms with Crippen LogP contribution in [-0.4, -0.2) is 30.6 Å². The van der Waals surface area contributed by atoms with Crippen molar-refractivity contribution in [3.63, 3.8) is 0 Å². The van der Waals surface area contributed by atoms with Crippen molar-refractivity contribution in [3.8, 4) is 0 Å². The number of nitrogens with zero attached hydrogens (tertiary/aromatic N) is 1. The predicted octanol–water partition coefficient (Wildman–Crippen LogP) is 1.67. The lowest BCUT2D eigenvalue weighted by atomic mass is 10.3. The number of hydrogen-bond donors (Lipinski definition) is 2. The van der Waals surface area contributed by atoms with Gasteiger partial charge in [0, 0.05) is 12.7 Å². The summed E-state index contributed by atoms with van der Waals surface area (Å²) in [5, 5.41) is 2.53. The van der Waals surface area contributed by atoms with Gasteiger partial charge in [0.2, 0.25) is 5.91 Å². The Morgan fingerprint density at radius 3 is 2.74 bits per heavy atom. The molecule has 0 saturated heterocycles. The molecule has 5 nitrogen and oxygen atoms in total. The summed E-state index contributed by atoms with van der Waals surface area (Å²) in [6, 6.07) is 0.779. The van der Waals surface area contributed by atoms with Gasteiger partial charge in [-0.05, 0) is 6.07 Å². The number of hydrogen-bond acceptors (Lipinski definition) is 4. The van der Waals surface area contributed by atoms with Crippen molar-refractivity contribution in [1.82, 2.24) is 4.98 Å². The summed E-state index contributed by atoms with van der Waals surface area (Å²) in [7, 11) is 0. The van der Waals surface area contributed by atoms with E-state index in [0.29, 0.717) is 6.20 Å². The molecule has 0 aliphatic carbocycles. The topological polar surface area (TPSA) is 77.2 Å². The van der Waals surface area contributed by atoms with E-state index in [1.807, 2.05) is 0 Å². The van der Waals surface area contributed by atoms with Gasteiger partial charge in [0.05, 0.1) is 17.2 Å². The number of halogens is 4. The van der Waals surface area contributed by atoms with Crippen molar-refractivity contribution in [2.45, 2.75) is 6.18 Å². The molecule has 0 aliphatic rings. The third-order valence-corrected chi connectivity index (χ3v) is 2.24. The summed E-state index contributed by atoms with van der Waals surface area (Å²) in [6.45, 7) is 0.142. The Hall–Kier alpha value is -1.54. The van der Waals surface area contributed by atoms with Crippen molar-refractivity contribution >= 4 is 23.3 Å². The number of primary amides is 1. The molecular weight excluding hydrogens is 287 g/mol. The van der Waals surface area contributed by atoms with E-state index in [9.17, 15) is 18.0 Å². The molecule has 1 rings (SSSR count). The molecule has 0 saturated carbocycles. The minimum absolute atomic E-state index is 0.109. The van der Waals surface area contributed by atoms with Crippen LogP contribution in [0.3, 0.4) is 0 Å². The Morgan fingerprint density at radius 1 is 1.53 bits per heavy atom. The zero-order chi connectivity index (χ0) is 14.5. The summed E-state index contributed by atoms with van der Waals surface area (Å²) in [5.74, 6) is -0.497. The van der Waals surface area contributed by atoms with Crippen molar-refractivity contribution in [1.29, 1.82) is 0 Å². The highest BCUT2D eigenvalue weighted by atomic mass is 35.5. The van der Waals surface area contributed by atoms with Crippen LogP contribution in [0, 0.1) is 0 Å². The van der Waals surface area contributed by atoms with E-state index in [2.05, 4.69) is 10.3 Å². The standard InChI is InChI=1S/C10H11ClF3N3O2/c11-7-3-6(10(12,13)14)4-17-9(7)16-1-2-19-5-8(15)18/h3-4H,1-2,5H2,(H2,15,18)(H,16,17).